The fourth-order valence-corrected chi connectivity index (χ4v) is 3.76. The number of allylic oxidation sites excluding steroid dienone is 3. The molecule has 1 N–H and O–H groups in total. The molecule has 0 radical (unpaired) electrons. The van der Waals surface area contributed by atoms with Gasteiger partial charge in [0.15, 0.2) is 0 Å². The maximum atomic E-state index is 13.7. The summed E-state index contributed by atoms with van der Waals surface area (Å²) in [4.78, 5) is 26.0. The van der Waals surface area contributed by atoms with E-state index in [0.29, 0.717) is 0 Å². The summed E-state index contributed by atoms with van der Waals surface area (Å²) >= 11 is 0. The highest BCUT2D eigenvalue weighted by atomic mass is 16.5. The monoisotopic (exact) mass is 423 g/mol. The van der Waals surface area contributed by atoms with Gasteiger partial charge in [0.1, 0.15) is 12.2 Å². The topological polar surface area (TPSA) is 72.8 Å². The second-order valence-corrected chi connectivity index (χ2v) is 7.17. The second kappa shape index (κ2) is 9.46. The van der Waals surface area contributed by atoms with Gasteiger partial charge >= 0.3 is 11.9 Å². The minimum Gasteiger partial charge on any atom is -0.462 e. The molecule has 2 aliphatic carbocycles. The Balaban J connectivity index is 2.23. The van der Waals surface area contributed by atoms with Crippen LogP contribution in [-0.4, -0.2) is 36.8 Å². The van der Waals surface area contributed by atoms with Crippen molar-refractivity contribution in [1.82, 2.24) is 0 Å². The van der Waals surface area contributed by atoms with Gasteiger partial charge in [-0.1, -0.05) is 45.7 Å². The SMILES string of the molecule is [2H]O[C@@H]1CC(CC[C@@H]2[C@@H]3C(=C([2H])[C@]([2H])(C)C([2H])([2H])C3OC(=O)[C@@]([2H])(C([2H])([2H])[2H])C([2H])([2H])C([2H])([2H])[2H])C([2H])=C([2H])[C@]2([2H])C)OC(=O)C1([2H])[2H]. The number of fused-ring (bicyclic) bond motifs is 1. The van der Waals surface area contributed by atoms with Crippen LogP contribution < -0.4 is 0 Å². The number of hydrogen-bond donors (Lipinski definition) is 1. The molecule has 0 aromatic carbocycles. The van der Waals surface area contributed by atoms with Gasteiger partial charge in [0.2, 0.25) is 1.43 Å². The minimum absolute atomic E-state index is 0.264. The van der Waals surface area contributed by atoms with Crippen LogP contribution in [0.5, 0.6) is 0 Å². The van der Waals surface area contributed by atoms with E-state index in [2.05, 4.69) is 5.11 Å². The standard InChI is InChI=1S/C24H36O5/c1-5-15(3)24(27)29-21-11-14(2)10-17-7-6-16(4)20(23(17)21)9-8-19-12-18(25)13-22(26)28-19/h6-7,10,14-16,18-21,23,25H,5,8-9,11-13H2,1-4H3/t14-,15-,16-,18+,19?,20-,21?,23-/m0/s1/i1D3,3D3,5D2,6D,7D,10D,11D2,13D2,14D,15D,16D,25D. The zero-order valence-corrected chi connectivity index (χ0v) is 16.0. The summed E-state index contributed by atoms with van der Waals surface area (Å²) < 4.78 is 165. The van der Waals surface area contributed by atoms with E-state index in [0.717, 1.165) is 13.8 Å². The van der Waals surface area contributed by atoms with Gasteiger partial charge in [-0.05, 0) is 48.9 Å². The predicted octanol–water partition coefficient (Wildman–Crippen LogP) is 4.20. The van der Waals surface area contributed by atoms with Gasteiger partial charge in [0.05, 0.1) is 22.5 Å². The summed E-state index contributed by atoms with van der Waals surface area (Å²) in [5, 5.41) is 4.37. The number of carbonyl (C=O) groups is 2. The van der Waals surface area contributed by atoms with Crippen LogP contribution in [0.2, 0.25) is 0 Å². The smallest absolute Gasteiger partial charge is 0.308 e. The van der Waals surface area contributed by atoms with Gasteiger partial charge in [-0.2, -0.15) is 0 Å². The number of aliphatic hydroxyl groups excluding tert-OH is 1. The Morgan fingerprint density at radius 3 is 3.24 bits per heavy atom. The van der Waals surface area contributed by atoms with Crippen LogP contribution in [0.4, 0.5) is 0 Å². The van der Waals surface area contributed by atoms with E-state index in [4.69, 9.17) is 35.6 Å². The zero-order chi connectivity index (χ0) is 37.6. The summed E-state index contributed by atoms with van der Waals surface area (Å²) in [5.41, 5.74) is -0.534. The maximum absolute atomic E-state index is 13.7. The Labute approximate surface area is 201 Å². The zero-order valence-electron chi connectivity index (χ0n) is 35.0. The highest BCUT2D eigenvalue weighted by Crippen LogP contribution is 2.45. The van der Waals surface area contributed by atoms with Crippen LogP contribution >= 0.6 is 0 Å². The average Bonchev–Trinajstić information content (AvgIpc) is 2.92. The van der Waals surface area contributed by atoms with Crippen molar-refractivity contribution in [2.45, 2.75) is 84.2 Å². The van der Waals surface area contributed by atoms with Gasteiger partial charge in [0.25, 0.3) is 0 Å². The van der Waals surface area contributed by atoms with Crippen LogP contribution in [0.1, 0.15) is 90.6 Å². The number of ether oxygens (including phenoxy) is 2. The predicted molar refractivity (Wildman–Crippen MR) is 111 cm³/mol. The number of esters is 2. The molecule has 1 heterocycles. The third-order valence-corrected chi connectivity index (χ3v) is 5.12. The number of aliphatic hydroxyl groups is 1. The van der Waals surface area contributed by atoms with Gasteiger partial charge in [0, 0.05) is 32.9 Å². The van der Waals surface area contributed by atoms with Crippen LogP contribution in [0.3, 0.4) is 0 Å². The lowest BCUT2D eigenvalue weighted by atomic mass is 9.65. The summed E-state index contributed by atoms with van der Waals surface area (Å²) in [6.07, 6.45) is -16.2. The quantitative estimate of drug-likeness (QED) is 0.622. The van der Waals surface area contributed by atoms with Gasteiger partial charge < -0.3 is 14.6 Å². The van der Waals surface area contributed by atoms with E-state index >= 15 is 0 Å². The normalized spacial score (nSPS) is 59.4. The van der Waals surface area contributed by atoms with Crippen molar-refractivity contribution in [2.24, 2.45) is 29.5 Å². The first-order valence-corrected chi connectivity index (χ1v) is 9.23. The van der Waals surface area contributed by atoms with Gasteiger partial charge in [-0.15, -0.1) is 0 Å². The van der Waals surface area contributed by atoms with Crippen LogP contribution in [-0.2, 0) is 19.1 Å². The molecular formula is C24H36O5. The average molecular weight is 424 g/mol. The number of rotatable bonds is 7. The van der Waals surface area contributed by atoms with E-state index in [1.54, 1.807) is 0 Å². The first-order chi connectivity index (χ1) is 21.3. The van der Waals surface area contributed by atoms with E-state index < -0.39 is 116 Å². The molecule has 1 saturated heterocycles. The Kier molecular flexibility index (Phi) is 2.66. The Morgan fingerprint density at radius 1 is 1.62 bits per heavy atom. The minimum atomic E-state index is -4.21. The van der Waals surface area contributed by atoms with Crippen molar-refractivity contribution in [3.63, 3.8) is 0 Å². The molecule has 1 aliphatic heterocycles. The molecule has 5 nitrogen and oxygen atoms in total. The van der Waals surface area contributed by atoms with Crippen molar-refractivity contribution < 1.29 is 48.8 Å². The molecule has 1 fully saturated rings. The fraction of sp³-hybridized carbons (Fsp3) is 0.750. The van der Waals surface area contributed by atoms with E-state index in [1.165, 1.54) is 0 Å². The first-order valence-electron chi connectivity index (χ1n) is 18.6. The van der Waals surface area contributed by atoms with Crippen LogP contribution in [0, 0.1) is 29.5 Å². The summed E-state index contributed by atoms with van der Waals surface area (Å²) in [6.45, 7) is -5.90. The molecule has 162 valence electrons. The van der Waals surface area contributed by atoms with E-state index in [-0.39, 0.29) is 19.3 Å². The molecule has 0 spiro atoms. The van der Waals surface area contributed by atoms with Crippen LogP contribution in [0.25, 0.3) is 0 Å². The molecule has 0 amide bonds. The third kappa shape index (κ3) is 5.30. The molecule has 3 rings (SSSR count). The molecule has 2 unspecified atom stereocenters. The van der Waals surface area contributed by atoms with Gasteiger partial charge in [-0.3, -0.25) is 9.59 Å². The second-order valence-electron chi connectivity index (χ2n) is 7.17. The lowest BCUT2D eigenvalue weighted by Crippen LogP contribution is -2.42. The first kappa shape index (κ1) is 8.14. The number of carbonyl (C=O) groups excluding carboxylic acids is 2. The summed E-state index contributed by atoms with van der Waals surface area (Å²) in [5.74, 6) is -16.1. The Bertz CT molecular complexity index is 1380. The third-order valence-electron chi connectivity index (χ3n) is 5.12. The molecular weight excluding hydrogens is 368 g/mol. The molecule has 3 aliphatic rings. The molecule has 0 bridgehead atoms. The van der Waals surface area contributed by atoms with Crippen molar-refractivity contribution >= 4 is 11.9 Å². The maximum Gasteiger partial charge on any atom is 0.308 e. The Morgan fingerprint density at radius 2 is 2.48 bits per heavy atom. The van der Waals surface area contributed by atoms with Crippen molar-refractivity contribution in [1.29, 1.82) is 1.43 Å². The molecule has 5 heteroatoms. The number of cyclic esters (lactones) is 1. The van der Waals surface area contributed by atoms with Crippen molar-refractivity contribution in [3.05, 3.63) is 23.7 Å². The molecule has 29 heavy (non-hydrogen) atoms. The fourth-order valence-electron chi connectivity index (χ4n) is 3.76. The van der Waals surface area contributed by atoms with Crippen molar-refractivity contribution in [2.75, 3.05) is 0 Å². The molecule has 8 atom stereocenters. The lowest BCUT2D eigenvalue weighted by Gasteiger charge is -2.43. The van der Waals surface area contributed by atoms with E-state index in [9.17, 15) is 9.59 Å². The molecule has 0 aromatic rings. The van der Waals surface area contributed by atoms with Gasteiger partial charge in [-0.25, -0.2) is 0 Å². The van der Waals surface area contributed by atoms with Crippen molar-refractivity contribution in [3.8, 4) is 0 Å². The summed E-state index contributed by atoms with van der Waals surface area (Å²) in [6, 6.07) is -2.36. The van der Waals surface area contributed by atoms with Crippen LogP contribution in [0.15, 0.2) is 23.7 Å². The Hall–Kier alpha value is -1.62. The lowest BCUT2D eigenvalue weighted by molar-refractivity contribution is -0.162. The highest BCUT2D eigenvalue weighted by Gasteiger charge is 2.42. The molecule has 0 aromatic heterocycles. The largest absolute Gasteiger partial charge is 0.462 e. The number of hydrogen-bond acceptors (Lipinski definition) is 5. The van der Waals surface area contributed by atoms with E-state index in [1.807, 2.05) is 0 Å². The molecule has 0 saturated carbocycles. The summed E-state index contributed by atoms with van der Waals surface area (Å²) in [7, 11) is 0. The highest BCUT2D eigenvalue weighted by molar-refractivity contribution is 5.72.